The summed E-state index contributed by atoms with van der Waals surface area (Å²) < 4.78 is 18.6. The Morgan fingerprint density at radius 1 is 0.947 bits per heavy atom. The summed E-state index contributed by atoms with van der Waals surface area (Å²) in [7, 11) is 3.11. The number of imidazole rings is 1. The molecule has 7 nitrogen and oxygen atoms in total. The van der Waals surface area contributed by atoms with Gasteiger partial charge in [0.05, 0.1) is 19.8 Å². The fourth-order valence-electron chi connectivity index (χ4n) is 4.97. The Bertz CT molecular complexity index is 1460. The van der Waals surface area contributed by atoms with Crippen LogP contribution in [0.25, 0.3) is 16.9 Å². The van der Waals surface area contributed by atoms with Gasteiger partial charge < -0.3 is 19.5 Å². The van der Waals surface area contributed by atoms with E-state index >= 15 is 0 Å². The second kappa shape index (κ2) is 10.4. The number of fused-ring (bicyclic) bond motifs is 1. The number of aromatic nitrogens is 2. The Morgan fingerprint density at radius 2 is 1.71 bits per heavy atom. The lowest BCUT2D eigenvalue weighted by atomic mass is 9.82. The summed E-state index contributed by atoms with van der Waals surface area (Å²) >= 11 is 0. The summed E-state index contributed by atoms with van der Waals surface area (Å²) in [6, 6.07) is 16.5. The van der Waals surface area contributed by atoms with Crippen LogP contribution >= 0.6 is 0 Å². The molecule has 0 radical (unpaired) electrons. The number of nitrogens with zero attached hydrogens (tertiary/aromatic N) is 2. The summed E-state index contributed by atoms with van der Waals surface area (Å²) in [4.78, 5) is 17.8. The molecule has 200 valence electrons. The van der Waals surface area contributed by atoms with Gasteiger partial charge in [0.25, 0.3) is 0 Å². The Morgan fingerprint density at radius 3 is 2.39 bits per heavy atom. The monoisotopic (exact) mass is 515 g/mol. The van der Waals surface area contributed by atoms with Crippen molar-refractivity contribution in [1.82, 2.24) is 9.38 Å². The van der Waals surface area contributed by atoms with Crippen molar-refractivity contribution in [1.29, 1.82) is 0 Å². The van der Waals surface area contributed by atoms with Crippen molar-refractivity contribution >= 4 is 17.4 Å². The quantitative estimate of drug-likeness (QED) is 0.198. The number of carbonyl (C=O) groups is 1. The molecule has 2 aromatic carbocycles. The van der Waals surface area contributed by atoms with Gasteiger partial charge in [0.1, 0.15) is 22.9 Å². The lowest BCUT2D eigenvalue weighted by Crippen LogP contribution is -2.36. The third kappa shape index (κ3) is 6.10. The van der Waals surface area contributed by atoms with E-state index < -0.39 is 5.97 Å². The molecule has 0 atom stereocenters. The average Bonchev–Trinajstić information content (AvgIpc) is 3.19. The number of rotatable bonds is 8. The zero-order valence-corrected chi connectivity index (χ0v) is 23.5. The second-order valence-electron chi connectivity index (χ2n) is 11.5. The Balaban J connectivity index is 1.73. The van der Waals surface area contributed by atoms with E-state index in [4.69, 9.17) is 19.2 Å². The number of anilines is 1. The number of esters is 1. The zero-order chi connectivity index (χ0) is 27.7. The van der Waals surface area contributed by atoms with Gasteiger partial charge in [-0.1, -0.05) is 26.8 Å². The fourth-order valence-corrected chi connectivity index (χ4v) is 4.97. The Kier molecular flexibility index (Phi) is 7.40. The molecular weight excluding hydrogens is 478 g/mol. The first-order valence-electron chi connectivity index (χ1n) is 12.7. The van der Waals surface area contributed by atoms with E-state index in [2.05, 4.69) is 63.4 Å². The lowest BCUT2D eigenvalue weighted by molar-refractivity contribution is 0.0729. The molecule has 0 amide bonds. The van der Waals surface area contributed by atoms with Gasteiger partial charge in [-0.05, 0) is 86.7 Å². The summed E-state index contributed by atoms with van der Waals surface area (Å²) in [6.45, 7) is 13.2. The van der Waals surface area contributed by atoms with Gasteiger partial charge in [-0.15, -0.1) is 0 Å². The Hall–Kier alpha value is -4.00. The van der Waals surface area contributed by atoms with Gasteiger partial charge in [0.2, 0.25) is 0 Å². The van der Waals surface area contributed by atoms with E-state index in [1.807, 2.05) is 18.3 Å². The number of pyridine rings is 1. The number of benzene rings is 2. The molecule has 4 aromatic rings. The van der Waals surface area contributed by atoms with Gasteiger partial charge in [0, 0.05) is 17.3 Å². The minimum Gasteiger partial charge on any atom is -0.497 e. The predicted octanol–water partition coefficient (Wildman–Crippen LogP) is 7.17. The summed E-state index contributed by atoms with van der Waals surface area (Å²) in [6.07, 6.45) is 3.00. The maximum absolute atomic E-state index is 12.8. The van der Waals surface area contributed by atoms with Crippen molar-refractivity contribution in [3.63, 3.8) is 0 Å². The van der Waals surface area contributed by atoms with Crippen LogP contribution in [0.15, 0.2) is 60.8 Å². The number of hydrogen-bond donors (Lipinski definition) is 1. The molecule has 2 heterocycles. The van der Waals surface area contributed by atoms with Crippen molar-refractivity contribution in [2.75, 3.05) is 19.5 Å². The molecule has 0 aliphatic heterocycles. The van der Waals surface area contributed by atoms with E-state index in [0.29, 0.717) is 22.8 Å². The Labute approximate surface area is 224 Å². The van der Waals surface area contributed by atoms with Gasteiger partial charge in [0.15, 0.2) is 11.5 Å². The number of aryl methyl sites for hydroxylation is 1. The maximum atomic E-state index is 12.8. The van der Waals surface area contributed by atoms with Crippen LogP contribution in [0.2, 0.25) is 0 Å². The largest absolute Gasteiger partial charge is 0.497 e. The molecule has 7 heteroatoms. The number of nitrogens with one attached hydrogen (secondary N) is 1. The zero-order valence-electron chi connectivity index (χ0n) is 23.5. The minimum atomic E-state index is -0.496. The van der Waals surface area contributed by atoms with Crippen LogP contribution in [0.5, 0.6) is 17.2 Å². The van der Waals surface area contributed by atoms with Crippen LogP contribution in [-0.2, 0) is 0 Å². The first-order chi connectivity index (χ1) is 17.9. The molecule has 0 aliphatic carbocycles. The van der Waals surface area contributed by atoms with E-state index in [-0.39, 0.29) is 11.0 Å². The molecule has 2 aromatic heterocycles. The van der Waals surface area contributed by atoms with Crippen LogP contribution in [-0.4, -0.2) is 35.1 Å². The predicted molar refractivity (Wildman–Crippen MR) is 152 cm³/mol. The number of methoxy groups -OCH3 is 2. The summed E-state index contributed by atoms with van der Waals surface area (Å²) in [5.41, 5.74) is 3.96. The first-order valence-corrected chi connectivity index (χ1v) is 12.7. The molecule has 0 unspecified atom stereocenters. The minimum absolute atomic E-state index is 0.144. The molecular formula is C31H37N3O4. The molecule has 0 saturated heterocycles. The molecule has 38 heavy (non-hydrogen) atoms. The highest BCUT2D eigenvalue weighted by Crippen LogP contribution is 2.38. The molecule has 4 rings (SSSR count). The third-order valence-electron chi connectivity index (χ3n) is 6.16. The normalized spacial score (nSPS) is 11.9. The number of ether oxygens (including phenoxy) is 3. The van der Waals surface area contributed by atoms with Gasteiger partial charge in [-0.25, -0.2) is 9.78 Å². The SMILES string of the molecule is COc1cccc(C(=O)Oc2ccc(-c3nc4cc(C)ccn4c3NC(C)(C)CC(C)(C)C)cc2OC)c1. The highest BCUT2D eigenvalue weighted by molar-refractivity contribution is 5.92. The summed E-state index contributed by atoms with van der Waals surface area (Å²) in [5, 5.41) is 3.76. The van der Waals surface area contributed by atoms with Crippen molar-refractivity contribution in [2.45, 2.75) is 53.5 Å². The lowest BCUT2D eigenvalue weighted by Gasteiger charge is -2.34. The highest BCUT2D eigenvalue weighted by atomic mass is 16.6. The number of hydrogen-bond acceptors (Lipinski definition) is 6. The number of carbonyl (C=O) groups excluding carboxylic acids is 1. The van der Waals surface area contributed by atoms with E-state index in [9.17, 15) is 4.79 Å². The van der Waals surface area contributed by atoms with E-state index in [0.717, 1.165) is 34.7 Å². The smallest absolute Gasteiger partial charge is 0.343 e. The standard InChI is InChI=1S/C31H37N3O4/c1-20-14-15-34-26(16-20)32-27(28(34)33-31(5,6)19-30(2,3)4)21-12-13-24(25(18-21)37-8)38-29(35)22-10-9-11-23(17-22)36-7/h9-18,33H,19H2,1-8H3. The van der Waals surface area contributed by atoms with Gasteiger partial charge in [-0.2, -0.15) is 0 Å². The third-order valence-corrected chi connectivity index (χ3v) is 6.16. The van der Waals surface area contributed by atoms with Crippen molar-refractivity contribution < 1.29 is 19.0 Å². The van der Waals surface area contributed by atoms with Crippen LogP contribution in [0, 0.1) is 12.3 Å². The summed E-state index contributed by atoms with van der Waals surface area (Å²) in [5.74, 6) is 1.75. The van der Waals surface area contributed by atoms with Crippen LogP contribution in [0.4, 0.5) is 5.82 Å². The second-order valence-corrected chi connectivity index (χ2v) is 11.5. The fraction of sp³-hybridized carbons (Fsp3) is 0.355. The van der Waals surface area contributed by atoms with E-state index in [1.54, 1.807) is 44.6 Å². The molecule has 0 fully saturated rings. The molecule has 0 spiro atoms. The van der Waals surface area contributed by atoms with Crippen LogP contribution in [0.1, 0.15) is 57.0 Å². The average molecular weight is 516 g/mol. The van der Waals surface area contributed by atoms with E-state index in [1.165, 1.54) is 0 Å². The topological polar surface area (TPSA) is 74.1 Å². The molecule has 0 aliphatic rings. The van der Waals surface area contributed by atoms with Crippen LogP contribution in [0.3, 0.4) is 0 Å². The maximum Gasteiger partial charge on any atom is 0.343 e. The van der Waals surface area contributed by atoms with Gasteiger partial charge >= 0.3 is 5.97 Å². The van der Waals surface area contributed by atoms with Crippen molar-refractivity contribution in [3.05, 3.63) is 71.9 Å². The highest BCUT2D eigenvalue weighted by Gasteiger charge is 2.28. The first kappa shape index (κ1) is 27.0. The molecule has 0 bridgehead atoms. The van der Waals surface area contributed by atoms with Crippen molar-refractivity contribution in [2.24, 2.45) is 5.41 Å². The van der Waals surface area contributed by atoms with Crippen molar-refractivity contribution in [3.8, 4) is 28.5 Å². The molecule has 0 saturated carbocycles. The molecule has 1 N–H and O–H groups in total. The van der Waals surface area contributed by atoms with Gasteiger partial charge in [-0.3, -0.25) is 4.40 Å². The van der Waals surface area contributed by atoms with Crippen LogP contribution < -0.4 is 19.5 Å².